The van der Waals surface area contributed by atoms with Gasteiger partial charge in [0.05, 0.1) is 15.7 Å². The molecule has 1 aromatic rings. The van der Waals surface area contributed by atoms with E-state index in [1.165, 1.54) is 17.0 Å². The van der Waals surface area contributed by atoms with Crippen molar-refractivity contribution in [1.29, 1.82) is 0 Å². The molecule has 0 atom stereocenters. The highest BCUT2D eigenvalue weighted by molar-refractivity contribution is 6.43. The van der Waals surface area contributed by atoms with Gasteiger partial charge in [-0.15, -0.1) is 6.58 Å². The molecule has 2 N–H and O–H groups in total. The van der Waals surface area contributed by atoms with Gasteiger partial charge in [0.1, 0.15) is 0 Å². The number of nitrogens with two attached hydrogens (primary N) is 1. The molecule has 0 aliphatic rings. The second-order valence-corrected chi connectivity index (χ2v) is 4.12. The Hall–Kier alpha value is -1.19. The molecule has 0 aliphatic carbocycles. The van der Waals surface area contributed by atoms with Crippen LogP contribution in [-0.2, 0) is 0 Å². The topological polar surface area (TPSA) is 46.3 Å². The second kappa shape index (κ2) is 5.23. The van der Waals surface area contributed by atoms with E-state index in [0.29, 0.717) is 17.8 Å². The van der Waals surface area contributed by atoms with E-state index in [2.05, 4.69) is 6.58 Å². The van der Waals surface area contributed by atoms with Gasteiger partial charge in [0, 0.05) is 19.2 Å². The third-order valence-electron chi connectivity index (χ3n) is 2.05. The van der Waals surface area contributed by atoms with Gasteiger partial charge in [-0.05, 0) is 12.1 Å². The number of rotatable bonds is 3. The molecule has 1 amide bonds. The van der Waals surface area contributed by atoms with Crippen LogP contribution in [0.2, 0.25) is 10.0 Å². The summed E-state index contributed by atoms with van der Waals surface area (Å²) in [5.41, 5.74) is 6.34. The number of nitrogen functional groups attached to an aromatic ring is 1. The first-order chi connectivity index (χ1) is 7.47. The molecule has 16 heavy (non-hydrogen) atoms. The van der Waals surface area contributed by atoms with Crippen LogP contribution >= 0.6 is 23.2 Å². The molecule has 0 saturated heterocycles. The van der Waals surface area contributed by atoms with Gasteiger partial charge < -0.3 is 10.6 Å². The first-order valence-corrected chi connectivity index (χ1v) is 5.33. The van der Waals surface area contributed by atoms with Gasteiger partial charge in [0.2, 0.25) is 0 Å². The molecule has 0 saturated carbocycles. The van der Waals surface area contributed by atoms with Crippen molar-refractivity contribution in [2.75, 3.05) is 19.3 Å². The summed E-state index contributed by atoms with van der Waals surface area (Å²) >= 11 is 11.6. The van der Waals surface area contributed by atoms with E-state index >= 15 is 0 Å². The van der Waals surface area contributed by atoms with Crippen molar-refractivity contribution < 1.29 is 4.79 Å². The number of amides is 1. The van der Waals surface area contributed by atoms with Gasteiger partial charge in [0.15, 0.2) is 0 Å². The van der Waals surface area contributed by atoms with E-state index in [0.717, 1.165) is 0 Å². The fourth-order valence-electron chi connectivity index (χ4n) is 1.23. The monoisotopic (exact) mass is 258 g/mol. The van der Waals surface area contributed by atoms with Crippen LogP contribution in [0.3, 0.4) is 0 Å². The third kappa shape index (κ3) is 2.68. The van der Waals surface area contributed by atoms with Crippen molar-refractivity contribution in [3.05, 3.63) is 40.4 Å². The summed E-state index contributed by atoms with van der Waals surface area (Å²) in [5.74, 6) is -0.176. The van der Waals surface area contributed by atoms with E-state index in [1.54, 1.807) is 13.1 Å². The van der Waals surface area contributed by atoms with Gasteiger partial charge in [-0.2, -0.15) is 0 Å². The van der Waals surface area contributed by atoms with E-state index in [4.69, 9.17) is 28.9 Å². The molecule has 0 spiro atoms. The Morgan fingerprint density at radius 1 is 1.56 bits per heavy atom. The lowest BCUT2D eigenvalue weighted by Gasteiger charge is -2.15. The van der Waals surface area contributed by atoms with E-state index in [-0.39, 0.29) is 16.0 Å². The number of carbonyl (C=O) groups excluding carboxylic acids is 1. The zero-order chi connectivity index (χ0) is 12.3. The zero-order valence-electron chi connectivity index (χ0n) is 8.84. The molecule has 1 rings (SSSR count). The summed E-state index contributed by atoms with van der Waals surface area (Å²) < 4.78 is 0. The van der Waals surface area contributed by atoms with Crippen molar-refractivity contribution in [3.63, 3.8) is 0 Å². The average Bonchev–Trinajstić information content (AvgIpc) is 2.24. The van der Waals surface area contributed by atoms with Crippen LogP contribution in [-0.4, -0.2) is 24.4 Å². The molecule has 0 unspecified atom stereocenters. The average molecular weight is 259 g/mol. The number of nitrogens with zero attached hydrogens (tertiary/aromatic N) is 1. The van der Waals surface area contributed by atoms with Crippen molar-refractivity contribution >= 4 is 34.8 Å². The highest BCUT2D eigenvalue weighted by Crippen LogP contribution is 2.29. The van der Waals surface area contributed by atoms with Crippen LogP contribution in [0.5, 0.6) is 0 Å². The predicted octanol–water partition coefficient (Wildman–Crippen LogP) is 2.83. The Morgan fingerprint density at radius 2 is 2.19 bits per heavy atom. The molecule has 0 aliphatic heterocycles. The maximum absolute atomic E-state index is 11.9. The standard InChI is InChI=1S/C11H12Cl2N2O/c1-3-4-15(2)11(16)7-5-8(12)10(13)9(14)6-7/h3,5-6H,1,4,14H2,2H3. The lowest BCUT2D eigenvalue weighted by molar-refractivity contribution is 0.0810. The fraction of sp³-hybridized carbons (Fsp3) is 0.182. The molecule has 3 nitrogen and oxygen atoms in total. The predicted molar refractivity (Wildman–Crippen MR) is 68.0 cm³/mol. The first kappa shape index (κ1) is 12.9. The maximum Gasteiger partial charge on any atom is 0.254 e. The molecule has 0 bridgehead atoms. The molecule has 5 heteroatoms. The molecule has 86 valence electrons. The van der Waals surface area contributed by atoms with Crippen LogP contribution in [0, 0.1) is 0 Å². The molecular weight excluding hydrogens is 247 g/mol. The summed E-state index contributed by atoms with van der Waals surface area (Å²) in [7, 11) is 1.67. The molecular formula is C11H12Cl2N2O. The Balaban J connectivity index is 3.05. The highest BCUT2D eigenvalue weighted by atomic mass is 35.5. The zero-order valence-corrected chi connectivity index (χ0v) is 10.3. The Labute approximate surface area is 104 Å². The number of halogens is 2. The van der Waals surface area contributed by atoms with Gasteiger partial charge in [0.25, 0.3) is 5.91 Å². The highest BCUT2D eigenvalue weighted by Gasteiger charge is 2.14. The number of hydrogen-bond donors (Lipinski definition) is 1. The van der Waals surface area contributed by atoms with Crippen LogP contribution in [0.4, 0.5) is 5.69 Å². The first-order valence-electron chi connectivity index (χ1n) is 4.58. The van der Waals surface area contributed by atoms with E-state index < -0.39 is 0 Å². The van der Waals surface area contributed by atoms with Gasteiger partial charge >= 0.3 is 0 Å². The molecule has 0 aromatic heterocycles. The molecule has 0 radical (unpaired) electrons. The quantitative estimate of drug-likeness (QED) is 0.670. The van der Waals surface area contributed by atoms with Crippen molar-refractivity contribution in [1.82, 2.24) is 4.90 Å². The smallest absolute Gasteiger partial charge is 0.254 e. The van der Waals surface area contributed by atoms with Crippen LogP contribution in [0.15, 0.2) is 24.8 Å². The minimum Gasteiger partial charge on any atom is -0.397 e. The van der Waals surface area contributed by atoms with Crippen molar-refractivity contribution in [2.45, 2.75) is 0 Å². The third-order valence-corrected chi connectivity index (χ3v) is 2.87. The Bertz CT molecular complexity index is 409. The summed E-state index contributed by atoms with van der Waals surface area (Å²) in [5, 5.41) is 0.543. The van der Waals surface area contributed by atoms with Gasteiger partial charge in [-0.25, -0.2) is 0 Å². The van der Waals surface area contributed by atoms with Crippen molar-refractivity contribution in [3.8, 4) is 0 Å². The number of benzene rings is 1. The lowest BCUT2D eigenvalue weighted by atomic mass is 10.2. The Morgan fingerprint density at radius 3 is 2.69 bits per heavy atom. The minimum absolute atomic E-state index is 0.176. The lowest BCUT2D eigenvalue weighted by Crippen LogP contribution is -2.26. The van der Waals surface area contributed by atoms with Gasteiger partial charge in [-0.1, -0.05) is 29.3 Å². The number of likely N-dealkylation sites (N-methyl/N-ethyl adjacent to an activating group) is 1. The van der Waals surface area contributed by atoms with Crippen LogP contribution in [0.25, 0.3) is 0 Å². The van der Waals surface area contributed by atoms with E-state index in [1.807, 2.05) is 0 Å². The van der Waals surface area contributed by atoms with Crippen LogP contribution in [0.1, 0.15) is 10.4 Å². The van der Waals surface area contributed by atoms with E-state index in [9.17, 15) is 4.79 Å². The largest absolute Gasteiger partial charge is 0.397 e. The SMILES string of the molecule is C=CCN(C)C(=O)c1cc(N)c(Cl)c(Cl)c1. The fourth-order valence-corrected chi connectivity index (χ4v) is 1.57. The summed E-state index contributed by atoms with van der Waals surface area (Å²) in [6.45, 7) is 4.02. The number of carbonyl (C=O) groups is 1. The molecule has 0 fully saturated rings. The normalized spacial score (nSPS) is 9.94. The maximum atomic E-state index is 11.9. The minimum atomic E-state index is -0.176. The van der Waals surface area contributed by atoms with Crippen molar-refractivity contribution in [2.24, 2.45) is 0 Å². The number of hydrogen-bond acceptors (Lipinski definition) is 2. The summed E-state index contributed by atoms with van der Waals surface area (Å²) in [4.78, 5) is 13.4. The summed E-state index contributed by atoms with van der Waals surface area (Å²) in [6, 6.07) is 3.01. The second-order valence-electron chi connectivity index (χ2n) is 3.34. The van der Waals surface area contributed by atoms with Crippen LogP contribution < -0.4 is 5.73 Å². The Kier molecular flexibility index (Phi) is 4.21. The molecule has 1 aromatic carbocycles. The number of anilines is 1. The van der Waals surface area contributed by atoms with Gasteiger partial charge in [-0.3, -0.25) is 4.79 Å². The molecule has 0 heterocycles. The summed E-state index contributed by atoms with van der Waals surface area (Å²) in [6.07, 6.45) is 1.64.